The lowest BCUT2D eigenvalue weighted by Gasteiger charge is -2.58. The second kappa shape index (κ2) is 1.29. The molecule has 0 unspecified atom stereocenters. The summed E-state index contributed by atoms with van der Waals surface area (Å²) in [6.45, 7) is 2.35. The Morgan fingerprint density at radius 1 is 1.38 bits per heavy atom. The minimum atomic E-state index is 0.903. The summed E-state index contributed by atoms with van der Waals surface area (Å²) in [5.41, 5.74) is 0.903. The normalized spacial score (nSPS) is 51.4. The average Bonchev–Trinajstić information content (AvgIpc) is 1.78. The molecule has 8 heavy (non-hydrogen) atoms. The quantitative estimate of drug-likeness (QED) is 0.486. The highest BCUT2D eigenvalue weighted by atomic mass is 14.6. The van der Waals surface area contributed by atoms with Crippen LogP contribution in [0.5, 0.6) is 0 Å². The Labute approximate surface area is 51.3 Å². The van der Waals surface area contributed by atoms with Crippen molar-refractivity contribution in [3.63, 3.8) is 0 Å². The zero-order chi connectivity index (χ0) is 5.61. The van der Waals surface area contributed by atoms with E-state index in [9.17, 15) is 0 Å². The summed E-state index contributed by atoms with van der Waals surface area (Å²) in [5, 5.41) is 0. The summed E-state index contributed by atoms with van der Waals surface area (Å²) in [6, 6.07) is 0. The molecule has 0 aromatic heterocycles. The molecule has 0 spiro atoms. The Morgan fingerprint density at radius 2 is 2.00 bits per heavy atom. The van der Waals surface area contributed by atoms with Crippen LogP contribution in [0.2, 0.25) is 0 Å². The van der Waals surface area contributed by atoms with Crippen molar-refractivity contribution in [2.24, 2.45) is 11.3 Å². The third kappa shape index (κ3) is 0.340. The van der Waals surface area contributed by atoms with Crippen LogP contribution in [0, 0.1) is 11.3 Å². The summed E-state index contributed by atoms with van der Waals surface area (Å²) >= 11 is 0. The summed E-state index contributed by atoms with van der Waals surface area (Å²) < 4.78 is 0. The smallest absolute Gasteiger partial charge is 0.0272 e. The van der Waals surface area contributed by atoms with Crippen molar-refractivity contribution in [2.75, 3.05) is 0 Å². The SMILES string of the molecule is CCC12CCC1CC2. The van der Waals surface area contributed by atoms with Gasteiger partial charge in [-0.1, -0.05) is 13.3 Å². The van der Waals surface area contributed by atoms with E-state index in [1.165, 1.54) is 12.3 Å². The third-order valence-corrected chi connectivity index (χ3v) is 3.55. The highest BCUT2D eigenvalue weighted by molar-refractivity contribution is 5.02. The van der Waals surface area contributed by atoms with Gasteiger partial charge in [0.2, 0.25) is 0 Å². The molecule has 0 heteroatoms. The van der Waals surface area contributed by atoms with E-state index in [-0.39, 0.29) is 0 Å². The first-order valence-corrected chi connectivity index (χ1v) is 3.87. The molecule has 2 fully saturated rings. The first kappa shape index (κ1) is 4.84. The molecule has 2 aliphatic rings. The molecule has 2 aliphatic carbocycles. The predicted molar refractivity (Wildman–Crippen MR) is 34.7 cm³/mol. The number of hydrogen-bond acceptors (Lipinski definition) is 0. The number of fused-ring (bicyclic) bond motifs is 1. The molecule has 46 valence electrons. The fraction of sp³-hybridized carbons (Fsp3) is 1.00. The van der Waals surface area contributed by atoms with Crippen LogP contribution in [-0.4, -0.2) is 0 Å². The van der Waals surface area contributed by atoms with Crippen molar-refractivity contribution < 1.29 is 0 Å². The topological polar surface area (TPSA) is 0 Å². The highest BCUT2D eigenvalue weighted by Gasteiger charge is 2.51. The summed E-state index contributed by atoms with van der Waals surface area (Å²) in [7, 11) is 0. The number of hydrogen-bond donors (Lipinski definition) is 0. The Balaban J connectivity index is 2.05. The average molecular weight is 110 g/mol. The predicted octanol–water partition coefficient (Wildman–Crippen LogP) is 2.59. The van der Waals surface area contributed by atoms with Gasteiger partial charge in [-0.25, -0.2) is 0 Å². The van der Waals surface area contributed by atoms with Crippen LogP contribution in [0.1, 0.15) is 39.0 Å². The van der Waals surface area contributed by atoms with Crippen LogP contribution in [0.4, 0.5) is 0 Å². The van der Waals surface area contributed by atoms with Crippen molar-refractivity contribution in [1.82, 2.24) is 0 Å². The van der Waals surface area contributed by atoms with E-state index >= 15 is 0 Å². The van der Waals surface area contributed by atoms with Gasteiger partial charge in [0.25, 0.3) is 0 Å². The Bertz CT molecular complexity index is 91.1. The molecule has 0 heterocycles. The molecule has 0 bridgehead atoms. The molecular weight excluding hydrogens is 96.1 g/mol. The van der Waals surface area contributed by atoms with Crippen LogP contribution < -0.4 is 0 Å². The summed E-state index contributed by atoms with van der Waals surface area (Å²) in [4.78, 5) is 0. The molecular formula is C8H14. The van der Waals surface area contributed by atoms with Gasteiger partial charge in [0.15, 0.2) is 0 Å². The number of rotatable bonds is 1. The largest absolute Gasteiger partial charge is 0.0648 e. The van der Waals surface area contributed by atoms with Crippen molar-refractivity contribution in [3.05, 3.63) is 0 Å². The van der Waals surface area contributed by atoms with Crippen molar-refractivity contribution in [1.29, 1.82) is 0 Å². The lowest BCUT2D eigenvalue weighted by molar-refractivity contribution is -0.0770. The maximum absolute atomic E-state index is 2.35. The minimum absolute atomic E-state index is 0.903. The Morgan fingerprint density at radius 3 is 2.00 bits per heavy atom. The second-order valence-electron chi connectivity index (χ2n) is 3.49. The van der Waals surface area contributed by atoms with E-state index in [0.29, 0.717) is 0 Å². The molecule has 0 aromatic carbocycles. The van der Waals surface area contributed by atoms with Gasteiger partial charge in [-0.3, -0.25) is 0 Å². The zero-order valence-electron chi connectivity index (χ0n) is 5.61. The van der Waals surface area contributed by atoms with Gasteiger partial charge in [0, 0.05) is 0 Å². The monoisotopic (exact) mass is 110 g/mol. The minimum Gasteiger partial charge on any atom is -0.0648 e. The highest BCUT2D eigenvalue weighted by Crippen LogP contribution is 2.62. The van der Waals surface area contributed by atoms with Crippen LogP contribution in [-0.2, 0) is 0 Å². The molecule has 0 radical (unpaired) electrons. The fourth-order valence-electron chi connectivity index (χ4n) is 2.42. The summed E-state index contributed by atoms with van der Waals surface area (Å²) in [6.07, 6.45) is 7.65. The first-order valence-electron chi connectivity index (χ1n) is 3.87. The molecule has 0 N–H and O–H groups in total. The molecule has 0 amide bonds. The molecule has 0 saturated heterocycles. The van der Waals surface area contributed by atoms with Gasteiger partial charge in [0.05, 0.1) is 0 Å². The van der Waals surface area contributed by atoms with E-state index in [4.69, 9.17) is 0 Å². The van der Waals surface area contributed by atoms with Crippen LogP contribution in [0.3, 0.4) is 0 Å². The Kier molecular flexibility index (Phi) is 0.778. The van der Waals surface area contributed by atoms with Gasteiger partial charge in [-0.05, 0) is 37.0 Å². The zero-order valence-corrected chi connectivity index (χ0v) is 5.61. The van der Waals surface area contributed by atoms with Crippen molar-refractivity contribution >= 4 is 0 Å². The van der Waals surface area contributed by atoms with Gasteiger partial charge in [-0.2, -0.15) is 0 Å². The van der Waals surface area contributed by atoms with Crippen LogP contribution >= 0.6 is 0 Å². The fourth-order valence-corrected chi connectivity index (χ4v) is 2.42. The van der Waals surface area contributed by atoms with E-state index in [1.54, 1.807) is 25.7 Å². The summed E-state index contributed by atoms with van der Waals surface area (Å²) in [5.74, 6) is 1.17. The van der Waals surface area contributed by atoms with Crippen LogP contribution in [0.25, 0.3) is 0 Å². The molecule has 2 rings (SSSR count). The first-order chi connectivity index (χ1) is 3.87. The van der Waals surface area contributed by atoms with E-state index in [0.717, 1.165) is 5.41 Å². The van der Waals surface area contributed by atoms with Crippen molar-refractivity contribution in [2.45, 2.75) is 39.0 Å². The molecule has 2 saturated carbocycles. The van der Waals surface area contributed by atoms with Gasteiger partial charge in [-0.15, -0.1) is 0 Å². The van der Waals surface area contributed by atoms with Crippen molar-refractivity contribution in [3.8, 4) is 0 Å². The third-order valence-electron chi connectivity index (χ3n) is 3.55. The molecule has 0 nitrogen and oxygen atoms in total. The van der Waals surface area contributed by atoms with Crippen LogP contribution in [0.15, 0.2) is 0 Å². The van der Waals surface area contributed by atoms with E-state index in [1.807, 2.05) is 0 Å². The Hall–Kier alpha value is 0. The maximum Gasteiger partial charge on any atom is -0.0272 e. The molecule has 0 atom stereocenters. The standard InChI is InChI=1S/C8H14/c1-2-8-5-3-7(8)4-6-8/h7H,2-6H2,1H3. The second-order valence-corrected chi connectivity index (χ2v) is 3.49. The van der Waals surface area contributed by atoms with Gasteiger partial charge < -0.3 is 0 Å². The molecule has 0 aliphatic heterocycles. The van der Waals surface area contributed by atoms with E-state index in [2.05, 4.69) is 6.92 Å². The lowest BCUT2D eigenvalue weighted by atomic mass is 9.47. The van der Waals surface area contributed by atoms with Gasteiger partial charge >= 0.3 is 0 Å². The maximum atomic E-state index is 2.35. The van der Waals surface area contributed by atoms with Gasteiger partial charge in [0.1, 0.15) is 0 Å². The lowest BCUT2D eigenvalue weighted by Crippen LogP contribution is -2.47. The molecule has 0 aromatic rings. The van der Waals surface area contributed by atoms with E-state index < -0.39 is 0 Å².